The van der Waals surface area contributed by atoms with E-state index in [4.69, 9.17) is 4.74 Å². The van der Waals surface area contributed by atoms with Gasteiger partial charge in [0.1, 0.15) is 12.1 Å². The van der Waals surface area contributed by atoms with Crippen molar-refractivity contribution < 1.29 is 4.74 Å². The van der Waals surface area contributed by atoms with E-state index in [1.807, 2.05) is 0 Å². The first-order valence-electron chi connectivity index (χ1n) is 5.28. The molecule has 2 rings (SSSR count). The van der Waals surface area contributed by atoms with Gasteiger partial charge in [0.15, 0.2) is 0 Å². The molecule has 15 heavy (non-hydrogen) atoms. The number of hydrogen-bond acceptors (Lipinski definition) is 4. The van der Waals surface area contributed by atoms with Crippen LogP contribution in [0.2, 0.25) is 0 Å². The van der Waals surface area contributed by atoms with Crippen LogP contribution in [-0.2, 0) is 11.2 Å². The SMILES string of the molecule is CCc1cc(N2CC(C)(OC)C2)ncn1. The fraction of sp³-hybridized carbons (Fsp3) is 0.636. The van der Waals surface area contributed by atoms with E-state index in [9.17, 15) is 0 Å². The molecule has 1 aliphatic rings. The Kier molecular flexibility index (Phi) is 2.61. The van der Waals surface area contributed by atoms with E-state index in [1.54, 1.807) is 13.4 Å². The summed E-state index contributed by atoms with van der Waals surface area (Å²) in [5, 5.41) is 0. The third-order valence-electron chi connectivity index (χ3n) is 2.94. The van der Waals surface area contributed by atoms with Gasteiger partial charge in [0.25, 0.3) is 0 Å². The zero-order valence-corrected chi connectivity index (χ0v) is 9.53. The highest BCUT2D eigenvalue weighted by Gasteiger charge is 2.39. The van der Waals surface area contributed by atoms with Gasteiger partial charge in [0.2, 0.25) is 0 Å². The van der Waals surface area contributed by atoms with Crippen LogP contribution in [0.1, 0.15) is 19.5 Å². The molecule has 1 fully saturated rings. The lowest BCUT2D eigenvalue weighted by molar-refractivity contribution is -0.0171. The first kappa shape index (κ1) is 10.4. The lowest BCUT2D eigenvalue weighted by atomic mass is 9.96. The maximum absolute atomic E-state index is 5.40. The Morgan fingerprint density at radius 1 is 1.47 bits per heavy atom. The van der Waals surface area contributed by atoms with Crippen LogP contribution in [-0.4, -0.2) is 35.8 Å². The van der Waals surface area contributed by atoms with E-state index < -0.39 is 0 Å². The van der Waals surface area contributed by atoms with Crippen molar-refractivity contribution in [1.29, 1.82) is 0 Å². The van der Waals surface area contributed by atoms with Gasteiger partial charge in [-0.1, -0.05) is 6.92 Å². The summed E-state index contributed by atoms with van der Waals surface area (Å²) in [7, 11) is 1.76. The van der Waals surface area contributed by atoms with E-state index in [1.165, 1.54) is 0 Å². The monoisotopic (exact) mass is 207 g/mol. The normalized spacial score (nSPS) is 18.7. The maximum atomic E-state index is 5.40. The number of rotatable bonds is 3. The first-order valence-corrected chi connectivity index (χ1v) is 5.28. The molecule has 4 heteroatoms. The van der Waals surface area contributed by atoms with Crippen LogP contribution in [0.3, 0.4) is 0 Å². The number of hydrogen-bond donors (Lipinski definition) is 0. The van der Waals surface area contributed by atoms with Crippen molar-refractivity contribution in [1.82, 2.24) is 9.97 Å². The smallest absolute Gasteiger partial charge is 0.132 e. The van der Waals surface area contributed by atoms with Crippen molar-refractivity contribution in [2.75, 3.05) is 25.1 Å². The second-order valence-corrected chi connectivity index (χ2v) is 4.23. The molecule has 0 aliphatic carbocycles. The maximum Gasteiger partial charge on any atom is 0.132 e. The topological polar surface area (TPSA) is 38.2 Å². The number of nitrogens with zero attached hydrogens (tertiary/aromatic N) is 3. The van der Waals surface area contributed by atoms with Crippen LogP contribution in [0.15, 0.2) is 12.4 Å². The zero-order chi connectivity index (χ0) is 10.9. The first-order chi connectivity index (χ1) is 7.17. The molecule has 0 atom stereocenters. The average molecular weight is 207 g/mol. The average Bonchev–Trinajstić information content (AvgIpc) is 2.25. The van der Waals surface area contributed by atoms with Gasteiger partial charge in [0, 0.05) is 32.0 Å². The summed E-state index contributed by atoms with van der Waals surface area (Å²) in [6, 6.07) is 2.05. The Bertz CT molecular complexity index is 347. The minimum absolute atomic E-state index is 0.00265. The molecule has 4 nitrogen and oxygen atoms in total. The van der Waals surface area contributed by atoms with Gasteiger partial charge in [-0.2, -0.15) is 0 Å². The molecule has 1 aromatic rings. The zero-order valence-electron chi connectivity index (χ0n) is 9.53. The molecule has 1 saturated heterocycles. The number of aromatic nitrogens is 2. The third kappa shape index (κ3) is 1.95. The molecule has 0 spiro atoms. The Hall–Kier alpha value is -1.16. The Labute approximate surface area is 90.3 Å². The van der Waals surface area contributed by atoms with Gasteiger partial charge in [-0.15, -0.1) is 0 Å². The number of aryl methyl sites for hydroxylation is 1. The Morgan fingerprint density at radius 2 is 2.20 bits per heavy atom. The quantitative estimate of drug-likeness (QED) is 0.748. The van der Waals surface area contributed by atoms with Crippen LogP contribution < -0.4 is 4.90 Å². The molecule has 0 aromatic carbocycles. The molecule has 82 valence electrons. The highest BCUT2D eigenvalue weighted by atomic mass is 16.5. The summed E-state index contributed by atoms with van der Waals surface area (Å²) in [6.07, 6.45) is 2.58. The van der Waals surface area contributed by atoms with Crippen molar-refractivity contribution in [2.45, 2.75) is 25.9 Å². The highest BCUT2D eigenvalue weighted by Crippen LogP contribution is 2.28. The van der Waals surface area contributed by atoms with E-state index in [-0.39, 0.29) is 5.60 Å². The van der Waals surface area contributed by atoms with Crippen molar-refractivity contribution in [3.8, 4) is 0 Å². The van der Waals surface area contributed by atoms with E-state index in [0.29, 0.717) is 0 Å². The molecule has 0 saturated carbocycles. The molecule has 0 amide bonds. The van der Waals surface area contributed by atoms with E-state index >= 15 is 0 Å². The summed E-state index contributed by atoms with van der Waals surface area (Å²) in [5.41, 5.74) is 1.09. The van der Waals surface area contributed by atoms with Crippen LogP contribution in [0, 0.1) is 0 Å². The summed E-state index contributed by atoms with van der Waals surface area (Å²) in [5.74, 6) is 1.01. The second kappa shape index (κ2) is 3.77. The molecule has 1 aliphatic heterocycles. The molecule has 0 N–H and O–H groups in total. The van der Waals surface area contributed by atoms with Crippen molar-refractivity contribution >= 4 is 5.82 Å². The predicted molar refractivity (Wildman–Crippen MR) is 59.0 cm³/mol. The van der Waals surface area contributed by atoms with Gasteiger partial charge in [-0.25, -0.2) is 9.97 Å². The van der Waals surface area contributed by atoms with Crippen molar-refractivity contribution in [3.05, 3.63) is 18.1 Å². The lowest BCUT2D eigenvalue weighted by Gasteiger charge is -2.47. The third-order valence-corrected chi connectivity index (χ3v) is 2.94. The summed E-state index contributed by atoms with van der Waals surface area (Å²) in [6.45, 7) is 6.03. The second-order valence-electron chi connectivity index (χ2n) is 4.23. The minimum atomic E-state index is -0.00265. The van der Waals surface area contributed by atoms with Crippen LogP contribution in [0.4, 0.5) is 5.82 Å². The minimum Gasteiger partial charge on any atom is -0.375 e. The van der Waals surface area contributed by atoms with Gasteiger partial charge < -0.3 is 9.64 Å². The molecular weight excluding hydrogens is 190 g/mol. The number of ether oxygens (including phenoxy) is 1. The van der Waals surface area contributed by atoms with E-state index in [0.717, 1.165) is 31.0 Å². The number of methoxy groups -OCH3 is 1. The number of anilines is 1. The predicted octanol–water partition coefficient (Wildman–Crippen LogP) is 1.26. The van der Waals surface area contributed by atoms with E-state index in [2.05, 4.69) is 34.8 Å². The summed E-state index contributed by atoms with van der Waals surface area (Å²) >= 11 is 0. The molecule has 2 heterocycles. The van der Waals surface area contributed by atoms with Crippen molar-refractivity contribution in [3.63, 3.8) is 0 Å². The molecular formula is C11H17N3O. The summed E-state index contributed by atoms with van der Waals surface area (Å²) in [4.78, 5) is 10.7. The van der Waals surface area contributed by atoms with Gasteiger partial charge in [0.05, 0.1) is 5.60 Å². The van der Waals surface area contributed by atoms with Crippen LogP contribution >= 0.6 is 0 Å². The Balaban J connectivity index is 2.06. The highest BCUT2D eigenvalue weighted by molar-refractivity contribution is 5.44. The Morgan fingerprint density at radius 3 is 2.80 bits per heavy atom. The fourth-order valence-electron chi connectivity index (χ4n) is 1.80. The van der Waals surface area contributed by atoms with Gasteiger partial charge in [-0.05, 0) is 13.3 Å². The van der Waals surface area contributed by atoms with Crippen molar-refractivity contribution in [2.24, 2.45) is 0 Å². The standard InChI is InChI=1S/C11H17N3O/c1-4-9-5-10(13-8-12-9)14-6-11(2,7-14)15-3/h5,8H,4,6-7H2,1-3H3. The summed E-state index contributed by atoms with van der Waals surface area (Å²) < 4.78 is 5.40. The van der Waals surface area contributed by atoms with Gasteiger partial charge in [-0.3, -0.25) is 0 Å². The molecule has 0 bridgehead atoms. The molecule has 0 radical (unpaired) electrons. The van der Waals surface area contributed by atoms with Crippen LogP contribution in [0.5, 0.6) is 0 Å². The molecule has 1 aromatic heterocycles. The molecule has 0 unspecified atom stereocenters. The largest absolute Gasteiger partial charge is 0.375 e. The lowest BCUT2D eigenvalue weighted by Crippen LogP contribution is -2.61. The van der Waals surface area contributed by atoms with Gasteiger partial charge >= 0.3 is 0 Å². The fourth-order valence-corrected chi connectivity index (χ4v) is 1.80. The van der Waals surface area contributed by atoms with Crippen LogP contribution in [0.25, 0.3) is 0 Å².